The number of carbonyl (C=O) groups excluding carboxylic acids is 1. The van der Waals surface area contributed by atoms with E-state index in [0.717, 1.165) is 22.9 Å². The van der Waals surface area contributed by atoms with Crippen LogP contribution in [0.2, 0.25) is 0 Å². The lowest BCUT2D eigenvalue weighted by atomic mass is 10.0. The van der Waals surface area contributed by atoms with Crippen molar-refractivity contribution in [2.24, 2.45) is 5.73 Å². The van der Waals surface area contributed by atoms with Crippen LogP contribution in [0.4, 0.5) is 0 Å². The van der Waals surface area contributed by atoms with Crippen molar-refractivity contribution in [3.63, 3.8) is 0 Å². The van der Waals surface area contributed by atoms with Crippen molar-refractivity contribution < 1.29 is 4.79 Å². The highest BCUT2D eigenvalue weighted by Gasteiger charge is 2.26. The van der Waals surface area contributed by atoms with Crippen molar-refractivity contribution in [3.05, 3.63) is 33.8 Å². The summed E-state index contributed by atoms with van der Waals surface area (Å²) in [5.41, 5.74) is 7.66. The number of nitrogens with two attached hydrogens (primary N) is 1. The fraction of sp³-hybridized carbons (Fsp3) is 0.300. The first kappa shape index (κ1) is 8.75. The van der Waals surface area contributed by atoms with E-state index >= 15 is 0 Å². The van der Waals surface area contributed by atoms with E-state index in [1.807, 2.05) is 12.1 Å². The molecular formula is C10H10BrNO. The van der Waals surface area contributed by atoms with Gasteiger partial charge in [0.1, 0.15) is 0 Å². The van der Waals surface area contributed by atoms with E-state index in [0.29, 0.717) is 0 Å². The maximum Gasteiger partial charge on any atom is 0.224 e. The molecule has 2 rings (SSSR count). The number of halogens is 1. The molecule has 0 aliphatic heterocycles. The molecule has 2 N–H and O–H groups in total. The van der Waals surface area contributed by atoms with Crippen LogP contribution in [0.1, 0.15) is 23.5 Å². The summed E-state index contributed by atoms with van der Waals surface area (Å²) in [6.07, 6.45) is 1.82. The highest BCUT2D eigenvalue weighted by molar-refractivity contribution is 9.10. The first-order chi connectivity index (χ1) is 6.18. The molecule has 2 nitrogen and oxygen atoms in total. The Morgan fingerprint density at radius 2 is 2.31 bits per heavy atom. The molecule has 1 aromatic rings. The van der Waals surface area contributed by atoms with Gasteiger partial charge in [-0.25, -0.2) is 0 Å². The van der Waals surface area contributed by atoms with Gasteiger partial charge in [-0.15, -0.1) is 0 Å². The van der Waals surface area contributed by atoms with Gasteiger partial charge in [0.15, 0.2) is 0 Å². The fourth-order valence-corrected chi connectivity index (χ4v) is 2.29. The van der Waals surface area contributed by atoms with E-state index < -0.39 is 0 Å². The molecule has 0 bridgehead atoms. The first-order valence-corrected chi connectivity index (χ1v) is 5.05. The molecule has 1 aromatic carbocycles. The molecule has 1 amide bonds. The number of carbonyl (C=O) groups is 1. The number of rotatable bonds is 1. The summed E-state index contributed by atoms with van der Waals surface area (Å²) >= 11 is 3.41. The van der Waals surface area contributed by atoms with Gasteiger partial charge in [-0.05, 0) is 36.1 Å². The van der Waals surface area contributed by atoms with Crippen LogP contribution in [0.5, 0.6) is 0 Å². The predicted octanol–water partition coefficient (Wildman–Crippen LogP) is 1.96. The average Bonchev–Trinajstić information content (AvgIpc) is 2.46. The zero-order chi connectivity index (χ0) is 9.42. The van der Waals surface area contributed by atoms with Gasteiger partial charge in [0.2, 0.25) is 5.91 Å². The Hall–Kier alpha value is -0.830. The molecule has 68 valence electrons. The highest BCUT2D eigenvalue weighted by Crippen LogP contribution is 2.34. The molecule has 1 aliphatic rings. The summed E-state index contributed by atoms with van der Waals surface area (Å²) in [6.45, 7) is 0. The average molecular weight is 240 g/mol. The molecule has 0 fully saturated rings. The Bertz CT molecular complexity index is 362. The lowest BCUT2D eigenvalue weighted by Gasteiger charge is -2.06. The number of fused-ring (bicyclic) bond motifs is 1. The molecule has 0 heterocycles. The Morgan fingerprint density at radius 1 is 1.54 bits per heavy atom. The molecule has 0 unspecified atom stereocenters. The number of amides is 1. The van der Waals surface area contributed by atoms with Crippen LogP contribution in [0.25, 0.3) is 0 Å². The number of aryl methyl sites for hydroxylation is 1. The lowest BCUT2D eigenvalue weighted by molar-refractivity contribution is -0.119. The van der Waals surface area contributed by atoms with Gasteiger partial charge in [-0.1, -0.05) is 22.0 Å². The third-order valence-electron chi connectivity index (χ3n) is 2.53. The molecule has 3 heteroatoms. The van der Waals surface area contributed by atoms with Crippen LogP contribution in [-0.4, -0.2) is 5.91 Å². The quantitative estimate of drug-likeness (QED) is 0.801. The van der Waals surface area contributed by atoms with Crippen molar-refractivity contribution in [1.29, 1.82) is 0 Å². The molecule has 1 aliphatic carbocycles. The lowest BCUT2D eigenvalue weighted by Crippen LogP contribution is -2.19. The normalized spacial score (nSPS) is 19.9. The summed E-state index contributed by atoms with van der Waals surface area (Å²) in [4.78, 5) is 11.1. The van der Waals surface area contributed by atoms with Gasteiger partial charge in [-0.3, -0.25) is 4.79 Å². The Morgan fingerprint density at radius 3 is 3.00 bits per heavy atom. The molecule has 0 spiro atoms. The van der Waals surface area contributed by atoms with Crippen molar-refractivity contribution >= 4 is 21.8 Å². The summed E-state index contributed by atoms with van der Waals surface area (Å²) in [5, 5.41) is 0. The van der Waals surface area contributed by atoms with Crippen LogP contribution >= 0.6 is 15.9 Å². The van der Waals surface area contributed by atoms with Crippen molar-refractivity contribution in [3.8, 4) is 0 Å². The van der Waals surface area contributed by atoms with Crippen molar-refractivity contribution in [1.82, 2.24) is 0 Å². The van der Waals surface area contributed by atoms with E-state index in [-0.39, 0.29) is 11.8 Å². The van der Waals surface area contributed by atoms with Crippen LogP contribution in [0.15, 0.2) is 22.7 Å². The topological polar surface area (TPSA) is 43.1 Å². The van der Waals surface area contributed by atoms with E-state index in [9.17, 15) is 4.79 Å². The summed E-state index contributed by atoms with van der Waals surface area (Å²) in [5.74, 6) is -0.274. The standard InChI is InChI=1S/C10H10BrNO/c11-7-2-4-8-6(5-7)1-3-9(8)10(12)13/h2,4-5,9H,1,3H2,(H2,12,13)/t9-/m0/s1. The van der Waals surface area contributed by atoms with E-state index in [1.54, 1.807) is 0 Å². The molecule has 1 atom stereocenters. The molecule has 0 aromatic heterocycles. The summed E-state index contributed by atoms with van der Waals surface area (Å²) in [7, 11) is 0. The monoisotopic (exact) mass is 239 g/mol. The molecule has 0 saturated heterocycles. The second-order valence-electron chi connectivity index (χ2n) is 3.34. The van der Waals surface area contributed by atoms with Crippen LogP contribution < -0.4 is 5.73 Å². The van der Waals surface area contributed by atoms with E-state index in [2.05, 4.69) is 22.0 Å². The van der Waals surface area contributed by atoms with Gasteiger partial charge in [0, 0.05) is 4.47 Å². The highest BCUT2D eigenvalue weighted by atomic mass is 79.9. The zero-order valence-corrected chi connectivity index (χ0v) is 8.67. The summed E-state index contributed by atoms with van der Waals surface area (Å²) < 4.78 is 1.07. The fourth-order valence-electron chi connectivity index (χ4n) is 1.88. The van der Waals surface area contributed by atoms with Crippen LogP contribution in [0, 0.1) is 0 Å². The zero-order valence-electron chi connectivity index (χ0n) is 7.09. The minimum atomic E-state index is -0.207. The number of primary amides is 1. The van der Waals surface area contributed by atoms with Gasteiger partial charge < -0.3 is 5.73 Å². The molecule has 0 radical (unpaired) electrons. The first-order valence-electron chi connectivity index (χ1n) is 4.26. The largest absolute Gasteiger partial charge is 0.369 e. The van der Waals surface area contributed by atoms with Gasteiger partial charge in [0.05, 0.1) is 5.92 Å². The van der Waals surface area contributed by atoms with E-state index in [4.69, 9.17) is 5.73 Å². The number of benzene rings is 1. The van der Waals surface area contributed by atoms with Gasteiger partial charge >= 0.3 is 0 Å². The second kappa shape index (κ2) is 3.14. The van der Waals surface area contributed by atoms with E-state index in [1.165, 1.54) is 5.56 Å². The minimum Gasteiger partial charge on any atom is -0.369 e. The SMILES string of the molecule is NC(=O)[C@H]1CCc2cc(Br)ccc21. The third-order valence-corrected chi connectivity index (χ3v) is 3.02. The molecule has 13 heavy (non-hydrogen) atoms. The Labute approximate surface area is 85.3 Å². The summed E-state index contributed by atoms with van der Waals surface area (Å²) in [6, 6.07) is 6.01. The Kier molecular flexibility index (Phi) is 2.12. The second-order valence-corrected chi connectivity index (χ2v) is 4.25. The smallest absolute Gasteiger partial charge is 0.224 e. The van der Waals surface area contributed by atoms with Crippen molar-refractivity contribution in [2.75, 3.05) is 0 Å². The van der Waals surface area contributed by atoms with Crippen LogP contribution in [-0.2, 0) is 11.2 Å². The van der Waals surface area contributed by atoms with Gasteiger partial charge in [-0.2, -0.15) is 0 Å². The van der Waals surface area contributed by atoms with Gasteiger partial charge in [0.25, 0.3) is 0 Å². The predicted molar refractivity (Wildman–Crippen MR) is 54.4 cm³/mol. The van der Waals surface area contributed by atoms with Crippen molar-refractivity contribution in [2.45, 2.75) is 18.8 Å². The molecular weight excluding hydrogens is 230 g/mol. The van der Waals surface area contributed by atoms with Crippen LogP contribution in [0.3, 0.4) is 0 Å². The number of hydrogen-bond acceptors (Lipinski definition) is 1. The maximum absolute atomic E-state index is 11.1. The number of hydrogen-bond donors (Lipinski definition) is 1. The maximum atomic E-state index is 11.1. The minimum absolute atomic E-state index is 0.0666. The molecule has 0 saturated carbocycles. The Balaban J connectivity index is 2.44. The third kappa shape index (κ3) is 1.48.